The molecule has 1 heterocycles. The highest BCUT2D eigenvalue weighted by Gasteiger charge is 2.35. The predicted molar refractivity (Wildman–Crippen MR) is 44.6 cm³/mol. The third-order valence-electron chi connectivity index (χ3n) is 2.27. The van der Waals surface area contributed by atoms with Crippen LogP contribution in [0.4, 0.5) is 0 Å². The number of carbonyl (C=O) groups is 3. The molecule has 1 atom stereocenters. The normalized spacial score (nSPS) is 23.8. The minimum atomic E-state index is -0.537. The lowest BCUT2D eigenvalue weighted by atomic mass is 10.2. The van der Waals surface area contributed by atoms with Gasteiger partial charge in [0.1, 0.15) is 12.6 Å². The quantitative estimate of drug-likeness (QED) is 0.496. The molecule has 0 aromatic carbocycles. The fourth-order valence-corrected chi connectivity index (χ4v) is 1.20. The SMILES string of the molecule is CC(=O)N1CC(=O)N(C)[C@@H](C)C1=O. The first-order valence-corrected chi connectivity index (χ1v) is 4.02. The van der Waals surface area contributed by atoms with Crippen molar-refractivity contribution >= 4 is 17.7 Å². The molecular formula is C8H12N2O3. The summed E-state index contributed by atoms with van der Waals surface area (Å²) < 4.78 is 0. The highest BCUT2D eigenvalue weighted by atomic mass is 16.2. The summed E-state index contributed by atoms with van der Waals surface area (Å²) in [5, 5.41) is 0. The summed E-state index contributed by atoms with van der Waals surface area (Å²) in [6, 6.07) is -0.537. The minimum Gasteiger partial charge on any atom is -0.332 e. The first-order valence-electron chi connectivity index (χ1n) is 4.02. The maximum Gasteiger partial charge on any atom is 0.252 e. The number of piperazine rings is 1. The Morgan fingerprint density at radius 1 is 1.46 bits per heavy atom. The first kappa shape index (κ1) is 9.70. The van der Waals surface area contributed by atoms with Gasteiger partial charge in [0.25, 0.3) is 5.91 Å². The molecule has 0 radical (unpaired) electrons. The van der Waals surface area contributed by atoms with Gasteiger partial charge in [0.05, 0.1) is 0 Å². The monoisotopic (exact) mass is 184 g/mol. The summed E-state index contributed by atoms with van der Waals surface area (Å²) in [6.07, 6.45) is 0. The minimum absolute atomic E-state index is 0.130. The molecule has 0 aliphatic carbocycles. The lowest BCUT2D eigenvalue weighted by Crippen LogP contribution is -2.58. The van der Waals surface area contributed by atoms with Crippen LogP contribution in [0.25, 0.3) is 0 Å². The average Bonchev–Trinajstić information content (AvgIpc) is 2.07. The molecule has 1 aliphatic rings. The summed E-state index contributed by atoms with van der Waals surface area (Å²) >= 11 is 0. The van der Waals surface area contributed by atoms with Crippen LogP contribution in [0.15, 0.2) is 0 Å². The molecule has 1 rings (SSSR count). The molecule has 5 nitrogen and oxygen atoms in total. The summed E-state index contributed by atoms with van der Waals surface area (Å²) in [5.41, 5.74) is 0. The number of hydrogen-bond acceptors (Lipinski definition) is 3. The molecule has 0 aromatic rings. The van der Waals surface area contributed by atoms with Gasteiger partial charge in [0.2, 0.25) is 11.8 Å². The van der Waals surface area contributed by atoms with Gasteiger partial charge in [-0.2, -0.15) is 0 Å². The van der Waals surface area contributed by atoms with Gasteiger partial charge >= 0.3 is 0 Å². The lowest BCUT2D eigenvalue weighted by molar-refractivity contribution is -0.159. The third-order valence-corrected chi connectivity index (χ3v) is 2.27. The highest BCUT2D eigenvalue weighted by Crippen LogP contribution is 2.09. The fraction of sp³-hybridized carbons (Fsp3) is 0.625. The van der Waals surface area contributed by atoms with Gasteiger partial charge < -0.3 is 4.90 Å². The standard InChI is InChI=1S/C8H12N2O3/c1-5-8(13)10(6(2)11)4-7(12)9(5)3/h5H,4H2,1-3H3/t5-/m0/s1. The second kappa shape index (κ2) is 3.16. The molecule has 3 amide bonds. The molecule has 0 aromatic heterocycles. The van der Waals surface area contributed by atoms with Crippen molar-refractivity contribution in [3.8, 4) is 0 Å². The number of likely N-dealkylation sites (N-methyl/N-ethyl adjacent to an activating group) is 1. The van der Waals surface area contributed by atoms with Crippen LogP contribution in [0.5, 0.6) is 0 Å². The third kappa shape index (κ3) is 1.54. The molecule has 0 spiro atoms. The highest BCUT2D eigenvalue weighted by molar-refractivity contribution is 6.04. The smallest absolute Gasteiger partial charge is 0.252 e. The Morgan fingerprint density at radius 3 is 2.46 bits per heavy atom. The van der Waals surface area contributed by atoms with Crippen LogP contribution < -0.4 is 0 Å². The zero-order chi connectivity index (χ0) is 10.2. The molecule has 1 fully saturated rings. The Kier molecular flexibility index (Phi) is 2.36. The molecule has 5 heteroatoms. The molecule has 0 N–H and O–H groups in total. The molecular weight excluding hydrogens is 172 g/mol. The van der Waals surface area contributed by atoms with Gasteiger partial charge in [-0.05, 0) is 6.92 Å². The molecule has 13 heavy (non-hydrogen) atoms. The zero-order valence-corrected chi connectivity index (χ0v) is 7.90. The van der Waals surface area contributed by atoms with E-state index in [2.05, 4.69) is 0 Å². The van der Waals surface area contributed by atoms with Crippen molar-refractivity contribution in [2.75, 3.05) is 13.6 Å². The molecule has 0 saturated carbocycles. The summed E-state index contributed by atoms with van der Waals surface area (Å²) in [7, 11) is 1.56. The van der Waals surface area contributed by atoms with Crippen LogP contribution in [0.2, 0.25) is 0 Å². The Hall–Kier alpha value is -1.39. The van der Waals surface area contributed by atoms with Crippen LogP contribution in [0, 0.1) is 0 Å². The second-order valence-corrected chi connectivity index (χ2v) is 3.12. The van der Waals surface area contributed by atoms with Crippen molar-refractivity contribution in [3.05, 3.63) is 0 Å². The number of hydrogen-bond donors (Lipinski definition) is 0. The summed E-state index contributed by atoms with van der Waals surface area (Å²) in [4.78, 5) is 35.9. The van der Waals surface area contributed by atoms with Gasteiger partial charge in [0.15, 0.2) is 0 Å². The summed E-state index contributed by atoms with van der Waals surface area (Å²) in [6.45, 7) is 2.76. The van der Waals surface area contributed by atoms with E-state index in [4.69, 9.17) is 0 Å². The van der Waals surface area contributed by atoms with E-state index in [0.717, 1.165) is 4.90 Å². The predicted octanol–water partition coefficient (Wildman–Crippen LogP) is -0.778. The zero-order valence-electron chi connectivity index (χ0n) is 7.90. The number of nitrogens with zero attached hydrogens (tertiary/aromatic N) is 2. The lowest BCUT2D eigenvalue weighted by Gasteiger charge is -2.34. The van der Waals surface area contributed by atoms with E-state index >= 15 is 0 Å². The van der Waals surface area contributed by atoms with Crippen molar-refractivity contribution in [1.29, 1.82) is 0 Å². The molecule has 1 aliphatic heterocycles. The molecule has 72 valence electrons. The average molecular weight is 184 g/mol. The number of imide groups is 1. The number of amides is 3. The van der Waals surface area contributed by atoms with Crippen molar-refractivity contribution in [2.24, 2.45) is 0 Å². The maximum atomic E-state index is 11.4. The van der Waals surface area contributed by atoms with E-state index in [0.29, 0.717) is 0 Å². The van der Waals surface area contributed by atoms with E-state index in [1.54, 1.807) is 14.0 Å². The second-order valence-electron chi connectivity index (χ2n) is 3.12. The fourth-order valence-electron chi connectivity index (χ4n) is 1.20. The van der Waals surface area contributed by atoms with Crippen molar-refractivity contribution < 1.29 is 14.4 Å². The van der Waals surface area contributed by atoms with Crippen LogP contribution in [-0.2, 0) is 14.4 Å². The van der Waals surface area contributed by atoms with Gasteiger partial charge in [0, 0.05) is 14.0 Å². The van der Waals surface area contributed by atoms with E-state index in [1.165, 1.54) is 11.8 Å². The number of rotatable bonds is 0. The Bertz CT molecular complexity index is 275. The van der Waals surface area contributed by atoms with Crippen LogP contribution in [-0.4, -0.2) is 47.2 Å². The van der Waals surface area contributed by atoms with E-state index < -0.39 is 6.04 Å². The summed E-state index contributed by atoms with van der Waals surface area (Å²) in [5.74, 6) is -0.893. The largest absolute Gasteiger partial charge is 0.332 e. The Balaban J connectivity index is 2.89. The maximum absolute atomic E-state index is 11.4. The van der Waals surface area contributed by atoms with Crippen LogP contribution in [0.1, 0.15) is 13.8 Å². The topological polar surface area (TPSA) is 57.7 Å². The van der Waals surface area contributed by atoms with Gasteiger partial charge in [-0.15, -0.1) is 0 Å². The van der Waals surface area contributed by atoms with E-state index in [-0.39, 0.29) is 24.3 Å². The molecule has 0 unspecified atom stereocenters. The van der Waals surface area contributed by atoms with E-state index in [1.807, 2.05) is 0 Å². The van der Waals surface area contributed by atoms with Crippen molar-refractivity contribution in [1.82, 2.24) is 9.80 Å². The Labute approximate surface area is 76.3 Å². The van der Waals surface area contributed by atoms with Gasteiger partial charge in [-0.25, -0.2) is 0 Å². The van der Waals surface area contributed by atoms with Gasteiger partial charge in [-0.1, -0.05) is 0 Å². The van der Waals surface area contributed by atoms with Gasteiger partial charge in [-0.3, -0.25) is 19.3 Å². The Morgan fingerprint density at radius 2 is 2.00 bits per heavy atom. The number of carbonyl (C=O) groups excluding carboxylic acids is 3. The molecule has 1 saturated heterocycles. The van der Waals surface area contributed by atoms with Crippen molar-refractivity contribution in [2.45, 2.75) is 19.9 Å². The van der Waals surface area contributed by atoms with Crippen molar-refractivity contribution in [3.63, 3.8) is 0 Å². The molecule has 0 bridgehead atoms. The first-order chi connectivity index (χ1) is 5.95. The van der Waals surface area contributed by atoms with Crippen LogP contribution >= 0.6 is 0 Å². The van der Waals surface area contributed by atoms with E-state index in [9.17, 15) is 14.4 Å². The van der Waals surface area contributed by atoms with Crippen LogP contribution in [0.3, 0.4) is 0 Å².